The lowest BCUT2D eigenvalue weighted by Gasteiger charge is -2.38. The molecule has 0 aromatic heterocycles. The highest BCUT2D eigenvalue weighted by Gasteiger charge is 2.28. The maximum Gasteiger partial charge on any atom is 0.407 e. The smallest absolute Gasteiger partial charge is 0.407 e. The highest BCUT2D eigenvalue weighted by atomic mass is 35.5. The van der Waals surface area contributed by atoms with E-state index < -0.39 is 6.09 Å². The number of rotatable bonds is 4. The van der Waals surface area contributed by atoms with E-state index >= 15 is 0 Å². The molecule has 8 heteroatoms. The van der Waals surface area contributed by atoms with E-state index in [2.05, 4.69) is 15.1 Å². The van der Waals surface area contributed by atoms with Crippen molar-refractivity contribution >= 4 is 35.0 Å². The van der Waals surface area contributed by atoms with Crippen molar-refractivity contribution in [1.82, 2.24) is 10.2 Å². The Bertz CT molecular complexity index is 954. The fourth-order valence-electron chi connectivity index (χ4n) is 4.45. The Balaban J connectivity index is 1.39. The molecule has 32 heavy (non-hydrogen) atoms. The third-order valence-electron chi connectivity index (χ3n) is 6.24. The lowest BCUT2D eigenvalue weighted by molar-refractivity contribution is 0.0747. The Labute approximate surface area is 193 Å². The number of methoxy groups -OCH3 is 1. The number of nitrogens with one attached hydrogen (secondary N) is 1. The Morgan fingerprint density at radius 3 is 2.12 bits per heavy atom. The van der Waals surface area contributed by atoms with Crippen LogP contribution in [0.4, 0.5) is 16.2 Å². The second-order valence-electron chi connectivity index (χ2n) is 8.15. The first-order valence-corrected chi connectivity index (χ1v) is 11.4. The number of nitrogens with zero attached hydrogens (tertiary/aromatic N) is 3. The van der Waals surface area contributed by atoms with Gasteiger partial charge >= 0.3 is 6.09 Å². The highest BCUT2D eigenvalue weighted by molar-refractivity contribution is 6.33. The summed E-state index contributed by atoms with van der Waals surface area (Å²) < 4.78 is 4.70. The molecule has 2 fully saturated rings. The molecule has 7 nitrogen and oxygen atoms in total. The zero-order chi connectivity index (χ0) is 22.5. The van der Waals surface area contributed by atoms with Crippen molar-refractivity contribution in [2.45, 2.75) is 18.9 Å². The van der Waals surface area contributed by atoms with Gasteiger partial charge in [-0.25, -0.2) is 4.79 Å². The number of amides is 2. The van der Waals surface area contributed by atoms with Crippen LogP contribution in [0.1, 0.15) is 23.2 Å². The lowest BCUT2D eigenvalue weighted by atomic mass is 10.0. The van der Waals surface area contributed by atoms with Crippen LogP contribution in [0.2, 0.25) is 5.02 Å². The van der Waals surface area contributed by atoms with Gasteiger partial charge in [0.05, 0.1) is 23.4 Å². The minimum Gasteiger partial charge on any atom is -0.453 e. The van der Waals surface area contributed by atoms with Gasteiger partial charge in [0.1, 0.15) is 0 Å². The summed E-state index contributed by atoms with van der Waals surface area (Å²) >= 11 is 6.35. The number of hydrogen-bond donors (Lipinski definition) is 1. The number of piperidine rings is 1. The fraction of sp³-hybridized carbons (Fsp3) is 0.417. The van der Waals surface area contributed by atoms with Gasteiger partial charge in [-0.1, -0.05) is 35.9 Å². The summed E-state index contributed by atoms with van der Waals surface area (Å²) in [6.07, 6.45) is 1.23. The number of alkyl carbamates (subject to hydrolysis) is 1. The van der Waals surface area contributed by atoms with Gasteiger partial charge in [-0.2, -0.15) is 0 Å². The third kappa shape index (κ3) is 4.93. The number of anilines is 2. The second-order valence-corrected chi connectivity index (χ2v) is 8.55. The van der Waals surface area contributed by atoms with Crippen molar-refractivity contribution in [3.05, 3.63) is 59.1 Å². The number of benzene rings is 2. The zero-order valence-corrected chi connectivity index (χ0v) is 19.1. The molecule has 0 radical (unpaired) electrons. The van der Waals surface area contributed by atoms with Crippen molar-refractivity contribution in [2.75, 3.05) is 56.2 Å². The van der Waals surface area contributed by atoms with Crippen LogP contribution in [0.15, 0.2) is 48.5 Å². The Hall–Kier alpha value is -2.93. The van der Waals surface area contributed by atoms with Crippen molar-refractivity contribution in [3.8, 4) is 0 Å². The molecule has 2 heterocycles. The molecular weight excluding hydrogens is 428 g/mol. The Kier molecular flexibility index (Phi) is 7.05. The van der Waals surface area contributed by atoms with Crippen LogP contribution >= 0.6 is 11.6 Å². The second kappa shape index (κ2) is 10.1. The minimum atomic E-state index is -0.394. The Morgan fingerprint density at radius 1 is 0.875 bits per heavy atom. The molecule has 2 aromatic rings. The minimum absolute atomic E-state index is 0.0641. The van der Waals surface area contributed by atoms with E-state index in [0.29, 0.717) is 13.1 Å². The summed E-state index contributed by atoms with van der Waals surface area (Å²) in [5.74, 6) is 0.0641. The van der Waals surface area contributed by atoms with Gasteiger partial charge in [-0.15, -0.1) is 0 Å². The van der Waals surface area contributed by atoms with Crippen LogP contribution in [0, 0.1) is 0 Å². The largest absolute Gasteiger partial charge is 0.453 e. The first kappa shape index (κ1) is 22.3. The van der Waals surface area contributed by atoms with Crippen LogP contribution < -0.4 is 15.1 Å². The van der Waals surface area contributed by atoms with E-state index in [1.807, 2.05) is 53.4 Å². The predicted molar refractivity (Wildman–Crippen MR) is 127 cm³/mol. The van der Waals surface area contributed by atoms with E-state index in [9.17, 15) is 9.59 Å². The summed E-state index contributed by atoms with van der Waals surface area (Å²) in [4.78, 5) is 31.3. The fourth-order valence-corrected chi connectivity index (χ4v) is 4.70. The van der Waals surface area contributed by atoms with Crippen molar-refractivity contribution in [3.63, 3.8) is 0 Å². The molecule has 2 aliphatic rings. The molecule has 1 N–H and O–H groups in total. The number of piperazine rings is 1. The van der Waals surface area contributed by atoms with Gasteiger partial charge in [0.15, 0.2) is 0 Å². The highest BCUT2D eigenvalue weighted by Crippen LogP contribution is 2.28. The van der Waals surface area contributed by atoms with Gasteiger partial charge in [0.25, 0.3) is 5.91 Å². The molecule has 0 aliphatic carbocycles. The summed E-state index contributed by atoms with van der Waals surface area (Å²) in [6, 6.07) is 15.7. The van der Waals surface area contributed by atoms with Crippen molar-refractivity contribution in [2.24, 2.45) is 0 Å². The van der Waals surface area contributed by atoms with Crippen molar-refractivity contribution in [1.29, 1.82) is 0 Å². The van der Waals surface area contributed by atoms with Gasteiger partial charge in [0, 0.05) is 51.0 Å². The molecule has 0 spiro atoms. The summed E-state index contributed by atoms with van der Waals surface area (Å²) in [6.45, 7) is 4.37. The van der Waals surface area contributed by atoms with Gasteiger partial charge in [0.2, 0.25) is 0 Å². The number of hydrogen-bond acceptors (Lipinski definition) is 5. The van der Waals surface area contributed by atoms with E-state index in [1.54, 1.807) is 0 Å². The number of ether oxygens (including phenoxy) is 1. The summed E-state index contributed by atoms with van der Waals surface area (Å²) in [5.41, 5.74) is 2.71. The topological polar surface area (TPSA) is 65.1 Å². The zero-order valence-electron chi connectivity index (χ0n) is 18.3. The molecular formula is C24H29ClN4O3. The van der Waals surface area contributed by atoms with E-state index in [0.717, 1.165) is 61.0 Å². The molecule has 2 aromatic carbocycles. The van der Waals surface area contributed by atoms with Crippen LogP contribution in [0.5, 0.6) is 0 Å². The lowest BCUT2D eigenvalue weighted by Crippen LogP contribution is -2.49. The number of halogens is 1. The maximum atomic E-state index is 13.4. The normalized spacial score (nSPS) is 17.2. The van der Waals surface area contributed by atoms with E-state index in [1.165, 1.54) is 7.11 Å². The molecule has 2 aliphatic heterocycles. The third-order valence-corrected chi connectivity index (χ3v) is 6.56. The van der Waals surface area contributed by atoms with Gasteiger partial charge in [-0.05, 0) is 37.1 Å². The van der Waals surface area contributed by atoms with Gasteiger partial charge < -0.3 is 24.8 Å². The average Bonchev–Trinajstić information content (AvgIpc) is 2.84. The van der Waals surface area contributed by atoms with E-state index in [4.69, 9.17) is 16.3 Å². The van der Waals surface area contributed by atoms with Crippen LogP contribution in [-0.4, -0.2) is 69.3 Å². The molecule has 2 amide bonds. The summed E-state index contributed by atoms with van der Waals surface area (Å²) in [7, 11) is 1.38. The van der Waals surface area contributed by atoms with Crippen LogP contribution in [-0.2, 0) is 4.74 Å². The molecule has 0 atom stereocenters. The Morgan fingerprint density at radius 2 is 1.47 bits per heavy atom. The van der Waals surface area contributed by atoms with Crippen molar-refractivity contribution < 1.29 is 14.3 Å². The first-order chi connectivity index (χ1) is 15.6. The summed E-state index contributed by atoms with van der Waals surface area (Å²) in [5, 5.41) is 3.61. The molecule has 0 bridgehead atoms. The maximum absolute atomic E-state index is 13.4. The first-order valence-electron chi connectivity index (χ1n) is 11.0. The average molecular weight is 457 g/mol. The van der Waals surface area contributed by atoms with Crippen LogP contribution in [0.3, 0.4) is 0 Å². The number of carbonyl (C=O) groups is 2. The molecule has 4 rings (SSSR count). The molecule has 170 valence electrons. The SMILES string of the molecule is COC(=O)NC1CCN(c2ccccc2C(=O)N2CCN(c3ccccc3Cl)CC2)CC1. The van der Waals surface area contributed by atoms with E-state index in [-0.39, 0.29) is 11.9 Å². The monoisotopic (exact) mass is 456 g/mol. The number of carbonyl (C=O) groups excluding carboxylic acids is 2. The standard InChI is InChI=1S/C24H29ClN4O3/c1-32-24(31)26-18-10-12-27(13-11-18)21-8-4-2-6-19(21)23(30)29-16-14-28(15-17-29)22-9-5-3-7-20(22)25/h2-9,18H,10-17H2,1H3,(H,26,31). The molecule has 2 saturated heterocycles. The molecule has 0 unspecified atom stereocenters. The quantitative estimate of drug-likeness (QED) is 0.761. The van der Waals surface area contributed by atoms with Crippen LogP contribution in [0.25, 0.3) is 0 Å². The van der Waals surface area contributed by atoms with Gasteiger partial charge in [-0.3, -0.25) is 4.79 Å². The number of para-hydroxylation sites is 2. The molecule has 0 saturated carbocycles. The predicted octanol–water partition coefficient (Wildman–Crippen LogP) is 3.63.